The average Bonchev–Trinajstić information content (AvgIpc) is 3.31. The lowest BCUT2D eigenvalue weighted by Crippen LogP contribution is -2.12. The summed E-state index contributed by atoms with van der Waals surface area (Å²) in [5, 5.41) is 0. The normalized spacial score (nSPS) is 14.7. The Morgan fingerprint density at radius 2 is 1.94 bits per heavy atom. The highest BCUT2D eigenvalue weighted by Crippen LogP contribution is 2.42. The van der Waals surface area contributed by atoms with Gasteiger partial charge in [-0.1, -0.05) is 25.0 Å². The molecule has 0 amide bonds. The predicted molar refractivity (Wildman–Crippen MR) is 122 cm³/mol. The maximum Gasteiger partial charge on any atom is 0.416 e. The third-order valence-corrected chi connectivity index (χ3v) is 5.66. The van der Waals surface area contributed by atoms with E-state index in [4.69, 9.17) is 15.2 Å². The molecule has 0 unspecified atom stereocenters. The molecular weight excluding hydrogens is 433 g/mol. The SMILES string of the molecule is CCOC(=O)CCN=Cc1cc(OCc2ccc(C3CCCC3)c(C(F)(F)F)c2)ccc1N. The van der Waals surface area contributed by atoms with Gasteiger partial charge in [0.2, 0.25) is 0 Å². The molecule has 3 rings (SSSR count). The van der Waals surface area contributed by atoms with Crippen LogP contribution in [0.15, 0.2) is 41.4 Å². The monoisotopic (exact) mass is 462 g/mol. The van der Waals surface area contributed by atoms with Crippen molar-refractivity contribution in [1.29, 1.82) is 0 Å². The molecule has 0 spiro atoms. The molecule has 1 fully saturated rings. The van der Waals surface area contributed by atoms with Gasteiger partial charge in [-0.2, -0.15) is 13.2 Å². The summed E-state index contributed by atoms with van der Waals surface area (Å²) >= 11 is 0. The van der Waals surface area contributed by atoms with Crippen LogP contribution in [0.2, 0.25) is 0 Å². The van der Waals surface area contributed by atoms with Gasteiger partial charge in [0.15, 0.2) is 0 Å². The number of nitrogen functional groups attached to an aromatic ring is 1. The fourth-order valence-corrected chi connectivity index (χ4v) is 4.00. The van der Waals surface area contributed by atoms with Gasteiger partial charge in [-0.15, -0.1) is 0 Å². The Labute approximate surface area is 191 Å². The van der Waals surface area contributed by atoms with E-state index in [1.54, 1.807) is 43.5 Å². The molecule has 2 aromatic carbocycles. The quantitative estimate of drug-likeness (QED) is 0.286. The third-order valence-electron chi connectivity index (χ3n) is 5.66. The van der Waals surface area contributed by atoms with Crippen LogP contribution in [0.1, 0.15) is 67.2 Å². The summed E-state index contributed by atoms with van der Waals surface area (Å²) in [6, 6.07) is 9.47. The van der Waals surface area contributed by atoms with Gasteiger partial charge in [0.1, 0.15) is 12.4 Å². The molecule has 2 aromatic rings. The Hall–Kier alpha value is -3.03. The zero-order valence-electron chi connectivity index (χ0n) is 18.7. The van der Waals surface area contributed by atoms with Gasteiger partial charge in [0, 0.05) is 24.0 Å². The lowest BCUT2D eigenvalue weighted by molar-refractivity contribution is -0.143. The van der Waals surface area contributed by atoms with Crippen LogP contribution in [0.3, 0.4) is 0 Å². The van der Waals surface area contributed by atoms with Gasteiger partial charge >= 0.3 is 12.1 Å². The van der Waals surface area contributed by atoms with E-state index in [0.717, 1.165) is 25.7 Å². The number of carbonyl (C=O) groups excluding carboxylic acids is 1. The van der Waals surface area contributed by atoms with Gasteiger partial charge in [-0.25, -0.2) is 0 Å². The van der Waals surface area contributed by atoms with Crippen molar-refractivity contribution in [2.45, 2.75) is 57.7 Å². The van der Waals surface area contributed by atoms with Gasteiger partial charge in [-0.05, 0) is 61.1 Å². The zero-order valence-corrected chi connectivity index (χ0v) is 18.7. The summed E-state index contributed by atoms with van der Waals surface area (Å²) in [7, 11) is 0. The Morgan fingerprint density at radius 1 is 1.18 bits per heavy atom. The van der Waals surface area contributed by atoms with Crippen molar-refractivity contribution in [1.82, 2.24) is 0 Å². The molecule has 1 aliphatic rings. The first-order valence-electron chi connectivity index (χ1n) is 11.2. The molecule has 2 N–H and O–H groups in total. The summed E-state index contributed by atoms with van der Waals surface area (Å²) < 4.78 is 51.6. The summed E-state index contributed by atoms with van der Waals surface area (Å²) in [5.41, 5.74) is 7.31. The largest absolute Gasteiger partial charge is 0.489 e. The van der Waals surface area contributed by atoms with E-state index < -0.39 is 11.7 Å². The van der Waals surface area contributed by atoms with E-state index in [2.05, 4.69) is 4.99 Å². The van der Waals surface area contributed by atoms with Crippen LogP contribution < -0.4 is 10.5 Å². The number of nitrogens with zero attached hydrogens (tertiary/aromatic N) is 1. The molecule has 0 saturated heterocycles. The number of carbonyl (C=O) groups is 1. The van der Waals surface area contributed by atoms with Gasteiger partial charge in [0.05, 0.1) is 18.6 Å². The molecular formula is C25H29F3N2O3. The average molecular weight is 463 g/mol. The maximum atomic E-state index is 13.7. The van der Waals surface area contributed by atoms with E-state index >= 15 is 0 Å². The number of hydrogen-bond acceptors (Lipinski definition) is 5. The van der Waals surface area contributed by atoms with Crippen molar-refractivity contribution in [3.63, 3.8) is 0 Å². The van der Waals surface area contributed by atoms with Crippen LogP contribution in [-0.2, 0) is 22.3 Å². The van der Waals surface area contributed by atoms with Crippen LogP contribution in [0.5, 0.6) is 5.75 Å². The molecule has 0 aromatic heterocycles. The molecule has 33 heavy (non-hydrogen) atoms. The van der Waals surface area contributed by atoms with Crippen LogP contribution in [0.4, 0.5) is 18.9 Å². The summed E-state index contributed by atoms with van der Waals surface area (Å²) in [6.45, 7) is 2.32. The fourth-order valence-electron chi connectivity index (χ4n) is 4.00. The highest BCUT2D eigenvalue weighted by molar-refractivity contribution is 5.87. The number of anilines is 1. The number of aliphatic imine (C=N–C) groups is 1. The molecule has 0 radical (unpaired) electrons. The van der Waals surface area contributed by atoms with E-state index in [0.29, 0.717) is 34.7 Å². The van der Waals surface area contributed by atoms with Gasteiger partial charge in [-0.3, -0.25) is 9.79 Å². The molecule has 0 bridgehead atoms. The second kappa shape index (κ2) is 11.2. The van der Waals surface area contributed by atoms with Crippen molar-refractivity contribution in [2.75, 3.05) is 18.9 Å². The van der Waals surface area contributed by atoms with Crippen LogP contribution in [0, 0.1) is 0 Å². The first-order valence-corrected chi connectivity index (χ1v) is 11.2. The number of halogens is 3. The lowest BCUT2D eigenvalue weighted by Gasteiger charge is -2.19. The van der Waals surface area contributed by atoms with Crippen molar-refractivity contribution in [3.8, 4) is 5.75 Å². The highest BCUT2D eigenvalue weighted by Gasteiger charge is 2.36. The van der Waals surface area contributed by atoms with E-state index in [-0.39, 0.29) is 31.5 Å². The van der Waals surface area contributed by atoms with Crippen LogP contribution in [-0.4, -0.2) is 25.3 Å². The summed E-state index contributed by atoms with van der Waals surface area (Å²) in [4.78, 5) is 15.5. The number of rotatable bonds is 9. The van der Waals surface area contributed by atoms with E-state index in [1.807, 2.05) is 0 Å². The van der Waals surface area contributed by atoms with E-state index in [1.165, 1.54) is 6.07 Å². The Balaban J connectivity index is 1.67. The number of nitrogens with two attached hydrogens (primary N) is 1. The van der Waals surface area contributed by atoms with Crippen LogP contribution >= 0.6 is 0 Å². The van der Waals surface area contributed by atoms with Crippen molar-refractivity contribution >= 4 is 17.9 Å². The number of benzene rings is 2. The second-order valence-electron chi connectivity index (χ2n) is 8.07. The fraction of sp³-hybridized carbons (Fsp3) is 0.440. The lowest BCUT2D eigenvalue weighted by atomic mass is 9.91. The van der Waals surface area contributed by atoms with Gasteiger partial charge < -0.3 is 15.2 Å². The van der Waals surface area contributed by atoms with Crippen LogP contribution in [0.25, 0.3) is 0 Å². The summed E-state index contributed by atoms with van der Waals surface area (Å²) in [5.74, 6) is 0.112. The molecule has 178 valence electrons. The Bertz CT molecular complexity index is 983. The maximum absolute atomic E-state index is 13.7. The third kappa shape index (κ3) is 6.97. The second-order valence-corrected chi connectivity index (χ2v) is 8.07. The van der Waals surface area contributed by atoms with E-state index in [9.17, 15) is 18.0 Å². The standard InChI is InChI=1S/C25H29F3N2O3/c1-2-32-24(31)11-12-30-15-19-14-20(8-10-23(19)29)33-16-17-7-9-21(18-5-3-4-6-18)22(13-17)25(26,27)28/h7-10,13-15,18H,2-6,11-12,16,29H2,1H3. The molecule has 1 saturated carbocycles. The number of ether oxygens (including phenoxy) is 2. The number of alkyl halides is 3. The molecule has 0 atom stereocenters. The molecule has 0 aliphatic heterocycles. The minimum Gasteiger partial charge on any atom is -0.489 e. The number of hydrogen-bond donors (Lipinski definition) is 1. The Morgan fingerprint density at radius 3 is 2.64 bits per heavy atom. The topological polar surface area (TPSA) is 73.9 Å². The van der Waals surface area contributed by atoms with Gasteiger partial charge in [0.25, 0.3) is 0 Å². The molecule has 5 nitrogen and oxygen atoms in total. The Kier molecular flexibility index (Phi) is 8.36. The minimum atomic E-state index is -4.40. The zero-order chi connectivity index (χ0) is 23.8. The van der Waals surface area contributed by atoms with Crippen molar-refractivity contribution in [2.24, 2.45) is 4.99 Å². The minimum absolute atomic E-state index is 0.00259. The van der Waals surface area contributed by atoms with Crippen molar-refractivity contribution in [3.05, 3.63) is 58.7 Å². The molecule has 8 heteroatoms. The molecule has 0 heterocycles. The van der Waals surface area contributed by atoms with Crippen molar-refractivity contribution < 1.29 is 27.4 Å². The smallest absolute Gasteiger partial charge is 0.416 e. The number of esters is 1. The summed E-state index contributed by atoms with van der Waals surface area (Å²) in [6.07, 6.45) is 0.848. The first kappa shape index (κ1) is 24.6. The molecule has 1 aliphatic carbocycles. The predicted octanol–water partition coefficient (Wildman–Crippen LogP) is 5.90. The highest BCUT2D eigenvalue weighted by atomic mass is 19.4. The first-order chi connectivity index (χ1) is 15.8.